The van der Waals surface area contributed by atoms with Gasteiger partial charge in [-0.25, -0.2) is 4.98 Å². The first-order chi connectivity index (χ1) is 14.0. The van der Waals surface area contributed by atoms with E-state index in [0.717, 1.165) is 28.0 Å². The maximum atomic E-state index is 6.19. The van der Waals surface area contributed by atoms with Crippen molar-refractivity contribution < 1.29 is 14.2 Å². The van der Waals surface area contributed by atoms with Crippen molar-refractivity contribution in [2.45, 2.75) is 72.0 Å². The Morgan fingerprint density at radius 3 is 2.23 bits per heavy atom. The summed E-state index contributed by atoms with van der Waals surface area (Å²) in [7, 11) is 1.70. The van der Waals surface area contributed by atoms with E-state index < -0.39 is 11.2 Å². The Hall–Kier alpha value is -2.56. The summed E-state index contributed by atoms with van der Waals surface area (Å²) in [5, 5.41) is 0. The van der Waals surface area contributed by atoms with E-state index in [1.54, 1.807) is 13.3 Å². The van der Waals surface area contributed by atoms with Crippen LogP contribution in [0.1, 0.15) is 66.4 Å². The van der Waals surface area contributed by atoms with E-state index in [4.69, 9.17) is 14.2 Å². The first-order valence-electron chi connectivity index (χ1n) is 10.6. The lowest BCUT2D eigenvalue weighted by Gasteiger charge is -2.29. The van der Waals surface area contributed by atoms with Gasteiger partial charge in [0.1, 0.15) is 17.0 Å². The molecule has 1 aromatic carbocycles. The number of aromatic nitrogens is 2. The van der Waals surface area contributed by atoms with Crippen molar-refractivity contribution in [2.75, 3.05) is 7.11 Å². The molecule has 0 saturated heterocycles. The SMILES string of the molecule is C=C(c1cc(-c2cnc(OC(C)(C)C)nc2OC(C)(C)C)ccc1OC)C1CCC1. The Morgan fingerprint density at radius 1 is 1.03 bits per heavy atom. The van der Waals surface area contributed by atoms with Crippen LogP contribution in [-0.2, 0) is 0 Å². The summed E-state index contributed by atoms with van der Waals surface area (Å²) in [5.41, 5.74) is 3.15. The first-order valence-corrected chi connectivity index (χ1v) is 10.6. The molecular weight excluding hydrogens is 376 g/mol. The normalized spacial score (nSPS) is 14.8. The second-order valence-corrected chi connectivity index (χ2v) is 9.87. The van der Waals surface area contributed by atoms with Crippen LogP contribution in [0.25, 0.3) is 16.7 Å². The maximum Gasteiger partial charge on any atom is 0.320 e. The molecule has 1 saturated carbocycles. The van der Waals surface area contributed by atoms with E-state index in [1.807, 2.05) is 53.7 Å². The van der Waals surface area contributed by atoms with Crippen LogP contribution in [0.5, 0.6) is 17.6 Å². The molecule has 5 heteroatoms. The molecule has 2 aromatic rings. The van der Waals surface area contributed by atoms with Crippen molar-refractivity contribution in [2.24, 2.45) is 5.92 Å². The largest absolute Gasteiger partial charge is 0.496 e. The fraction of sp³-hybridized carbons (Fsp3) is 0.520. The smallest absolute Gasteiger partial charge is 0.320 e. The lowest BCUT2D eigenvalue weighted by atomic mass is 9.77. The standard InChI is InChI=1S/C25H34N2O3/c1-16(17-10-9-11-17)19-14-18(12-13-21(19)28-8)20-15-26-23(30-25(5,6)7)27-22(20)29-24(2,3)4/h12-15,17H,1,9-11H2,2-8H3. The Morgan fingerprint density at radius 2 is 1.70 bits per heavy atom. The molecule has 0 radical (unpaired) electrons. The Labute approximate surface area is 180 Å². The second kappa shape index (κ2) is 8.29. The minimum absolute atomic E-state index is 0.304. The zero-order valence-electron chi connectivity index (χ0n) is 19.3. The number of nitrogens with zero attached hydrogens (tertiary/aromatic N) is 2. The highest BCUT2D eigenvalue weighted by molar-refractivity contribution is 5.78. The van der Waals surface area contributed by atoms with Crippen LogP contribution in [-0.4, -0.2) is 28.3 Å². The molecule has 1 aliphatic carbocycles. The van der Waals surface area contributed by atoms with E-state index in [0.29, 0.717) is 17.8 Å². The van der Waals surface area contributed by atoms with Crippen molar-refractivity contribution in [3.63, 3.8) is 0 Å². The highest BCUT2D eigenvalue weighted by Crippen LogP contribution is 2.42. The van der Waals surface area contributed by atoms with E-state index in [-0.39, 0.29) is 0 Å². The van der Waals surface area contributed by atoms with Crippen molar-refractivity contribution in [3.8, 4) is 28.8 Å². The Balaban J connectivity index is 2.05. The maximum absolute atomic E-state index is 6.19. The van der Waals surface area contributed by atoms with Gasteiger partial charge >= 0.3 is 6.01 Å². The van der Waals surface area contributed by atoms with Gasteiger partial charge in [-0.15, -0.1) is 0 Å². The molecule has 0 amide bonds. The van der Waals surface area contributed by atoms with Gasteiger partial charge in [-0.1, -0.05) is 19.1 Å². The third-order valence-electron chi connectivity index (χ3n) is 4.99. The molecular formula is C25H34N2O3. The zero-order valence-corrected chi connectivity index (χ0v) is 19.3. The predicted octanol–water partition coefficient (Wildman–Crippen LogP) is 6.32. The van der Waals surface area contributed by atoms with Gasteiger partial charge in [-0.2, -0.15) is 4.98 Å². The fourth-order valence-electron chi connectivity index (χ4n) is 3.34. The summed E-state index contributed by atoms with van der Waals surface area (Å²) in [6, 6.07) is 6.40. The summed E-state index contributed by atoms with van der Waals surface area (Å²) in [6.07, 6.45) is 5.41. The molecule has 3 rings (SSSR count). The molecule has 1 aromatic heterocycles. The summed E-state index contributed by atoms with van der Waals surface area (Å²) in [6.45, 7) is 16.3. The van der Waals surface area contributed by atoms with Crippen LogP contribution in [0.2, 0.25) is 0 Å². The van der Waals surface area contributed by atoms with E-state index in [1.165, 1.54) is 19.3 Å². The third kappa shape index (κ3) is 5.32. The van der Waals surface area contributed by atoms with Crippen LogP contribution in [0.3, 0.4) is 0 Å². The predicted molar refractivity (Wildman–Crippen MR) is 121 cm³/mol. The molecule has 0 spiro atoms. The van der Waals surface area contributed by atoms with Crippen LogP contribution in [0.15, 0.2) is 31.0 Å². The van der Waals surface area contributed by atoms with Gasteiger partial charge in [0.15, 0.2) is 0 Å². The highest BCUT2D eigenvalue weighted by atomic mass is 16.5. The van der Waals surface area contributed by atoms with E-state index in [2.05, 4.69) is 22.6 Å². The Bertz CT molecular complexity index is 919. The number of ether oxygens (including phenoxy) is 3. The first kappa shape index (κ1) is 22.1. The molecule has 1 heterocycles. The van der Waals surface area contributed by atoms with Gasteiger partial charge < -0.3 is 14.2 Å². The summed E-state index contributed by atoms with van der Waals surface area (Å²) < 4.78 is 17.7. The summed E-state index contributed by atoms with van der Waals surface area (Å²) >= 11 is 0. The average molecular weight is 411 g/mol. The fourth-order valence-corrected chi connectivity index (χ4v) is 3.34. The molecule has 5 nitrogen and oxygen atoms in total. The highest BCUT2D eigenvalue weighted by Gasteiger charge is 2.25. The summed E-state index contributed by atoms with van der Waals surface area (Å²) in [5.74, 6) is 1.86. The van der Waals surface area contributed by atoms with Crippen molar-refractivity contribution in [3.05, 3.63) is 36.5 Å². The lowest BCUT2D eigenvalue weighted by Crippen LogP contribution is -2.26. The molecule has 1 aliphatic rings. The van der Waals surface area contributed by atoms with Gasteiger partial charge in [-0.05, 0) is 83.6 Å². The molecule has 0 bridgehead atoms. The van der Waals surface area contributed by atoms with E-state index >= 15 is 0 Å². The molecule has 0 N–H and O–H groups in total. The van der Waals surface area contributed by atoms with E-state index in [9.17, 15) is 0 Å². The van der Waals surface area contributed by atoms with Crippen molar-refractivity contribution in [1.82, 2.24) is 9.97 Å². The average Bonchev–Trinajstić information content (AvgIpc) is 2.57. The number of rotatable bonds is 6. The summed E-state index contributed by atoms with van der Waals surface area (Å²) in [4.78, 5) is 9.03. The quantitative estimate of drug-likeness (QED) is 0.558. The minimum Gasteiger partial charge on any atom is -0.496 e. The van der Waals surface area contributed by atoms with Crippen LogP contribution >= 0.6 is 0 Å². The molecule has 0 aliphatic heterocycles. The number of allylic oxidation sites excluding steroid dienone is 1. The number of hydrogen-bond acceptors (Lipinski definition) is 5. The van der Waals surface area contributed by atoms with Gasteiger partial charge in [0.05, 0.1) is 12.7 Å². The third-order valence-corrected chi connectivity index (χ3v) is 4.99. The monoisotopic (exact) mass is 410 g/mol. The molecule has 30 heavy (non-hydrogen) atoms. The van der Waals surface area contributed by atoms with Crippen LogP contribution in [0, 0.1) is 5.92 Å². The molecule has 1 fully saturated rings. The Kier molecular flexibility index (Phi) is 6.11. The van der Waals surface area contributed by atoms with Gasteiger partial charge in [-0.3, -0.25) is 0 Å². The zero-order chi connectivity index (χ0) is 22.1. The van der Waals surface area contributed by atoms with Crippen molar-refractivity contribution in [1.29, 1.82) is 0 Å². The topological polar surface area (TPSA) is 53.5 Å². The number of benzene rings is 1. The molecule has 162 valence electrons. The molecule has 0 unspecified atom stereocenters. The molecule has 0 atom stereocenters. The number of methoxy groups -OCH3 is 1. The number of hydrogen-bond donors (Lipinski definition) is 0. The van der Waals surface area contributed by atoms with Gasteiger partial charge in [0, 0.05) is 11.8 Å². The van der Waals surface area contributed by atoms with Gasteiger partial charge in [0.25, 0.3) is 0 Å². The lowest BCUT2D eigenvalue weighted by molar-refractivity contribution is 0.103. The van der Waals surface area contributed by atoms with Crippen molar-refractivity contribution >= 4 is 5.57 Å². The minimum atomic E-state index is -0.410. The van der Waals surface area contributed by atoms with Gasteiger partial charge in [0.2, 0.25) is 5.88 Å². The van der Waals surface area contributed by atoms with Crippen LogP contribution in [0.4, 0.5) is 0 Å². The van der Waals surface area contributed by atoms with Crippen LogP contribution < -0.4 is 14.2 Å². The second-order valence-electron chi connectivity index (χ2n) is 9.87.